The van der Waals surface area contributed by atoms with E-state index in [1.54, 1.807) is 24.3 Å². The van der Waals surface area contributed by atoms with Crippen LogP contribution in [-0.4, -0.2) is 31.3 Å². The Morgan fingerprint density at radius 3 is 2.00 bits per heavy atom. The Labute approximate surface area is 136 Å². The van der Waals surface area contributed by atoms with Gasteiger partial charge in [0, 0.05) is 0 Å². The van der Waals surface area contributed by atoms with Gasteiger partial charge in [-0.25, -0.2) is 13.1 Å². The van der Waals surface area contributed by atoms with Gasteiger partial charge in [0.2, 0.25) is 10.0 Å². The van der Waals surface area contributed by atoms with Gasteiger partial charge in [-0.15, -0.1) is 0 Å². The second kappa shape index (κ2) is 7.89. The molecule has 5 nitrogen and oxygen atoms in total. The van der Waals surface area contributed by atoms with E-state index in [1.807, 2.05) is 36.4 Å². The average Bonchev–Trinajstić information content (AvgIpc) is 2.54. The van der Waals surface area contributed by atoms with Crippen LogP contribution in [0.2, 0.25) is 0 Å². The van der Waals surface area contributed by atoms with Crippen LogP contribution in [0, 0.1) is 0 Å². The zero-order chi connectivity index (χ0) is 16.7. The van der Waals surface area contributed by atoms with E-state index in [-0.39, 0.29) is 12.2 Å². The molecule has 0 aliphatic carbocycles. The molecule has 0 bridgehead atoms. The first-order valence-corrected chi connectivity index (χ1v) is 8.92. The maximum Gasteiger partial charge on any atom is 0.322 e. The number of carboxylic acid groups (broad SMARTS) is 1. The monoisotopic (exact) mass is 333 g/mol. The van der Waals surface area contributed by atoms with Crippen LogP contribution in [-0.2, 0) is 27.7 Å². The summed E-state index contributed by atoms with van der Waals surface area (Å²) >= 11 is 0. The molecule has 0 aliphatic rings. The summed E-state index contributed by atoms with van der Waals surface area (Å²) in [5.41, 5.74) is 1.67. The molecule has 0 spiro atoms. The van der Waals surface area contributed by atoms with Gasteiger partial charge < -0.3 is 5.11 Å². The van der Waals surface area contributed by atoms with Gasteiger partial charge in [-0.3, -0.25) is 4.79 Å². The second-order valence-electron chi connectivity index (χ2n) is 5.25. The number of carbonyl (C=O) groups is 1. The SMILES string of the molecule is O=C(O)C(Cc1ccccc1)NS(=O)(=O)CCc1ccccc1. The van der Waals surface area contributed by atoms with E-state index < -0.39 is 22.0 Å². The van der Waals surface area contributed by atoms with Gasteiger partial charge in [0.05, 0.1) is 5.75 Å². The number of nitrogens with one attached hydrogen (secondary N) is 1. The lowest BCUT2D eigenvalue weighted by Crippen LogP contribution is -2.43. The molecular formula is C17H19NO4S. The van der Waals surface area contributed by atoms with Crippen molar-refractivity contribution in [2.75, 3.05) is 5.75 Å². The summed E-state index contributed by atoms with van der Waals surface area (Å²) in [7, 11) is -3.67. The van der Waals surface area contributed by atoms with Crippen molar-refractivity contribution in [1.82, 2.24) is 4.72 Å². The molecule has 6 heteroatoms. The van der Waals surface area contributed by atoms with E-state index in [0.29, 0.717) is 6.42 Å². The topological polar surface area (TPSA) is 83.5 Å². The molecule has 2 N–H and O–H groups in total. The molecule has 0 aromatic heterocycles. The van der Waals surface area contributed by atoms with Crippen molar-refractivity contribution in [3.05, 3.63) is 71.8 Å². The first kappa shape index (κ1) is 17.2. The fraction of sp³-hybridized carbons (Fsp3) is 0.235. The van der Waals surface area contributed by atoms with Crippen LogP contribution in [0.25, 0.3) is 0 Å². The maximum atomic E-state index is 12.1. The number of aryl methyl sites for hydroxylation is 1. The van der Waals surface area contributed by atoms with Gasteiger partial charge in [0.1, 0.15) is 6.04 Å². The zero-order valence-corrected chi connectivity index (χ0v) is 13.4. The van der Waals surface area contributed by atoms with Crippen molar-refractivity contribution in [2.45, 2.75) is 18.9 Å². The maximum absolute atomic E-state index is 12.1. The largest absolute Gasteiger partial charge is 0.480 e. The summed E-state index contributed by atoms with van der Waals surface area (Å²) in [4.78, 5) is 11.3. The zero-order valence-electron chi connectivity index (χ0n) is 12.6. The van der Waals surface area contributed by atoms with Crippen LogP contribution in [0.15, 0.2) is 60.7 Å². The normalized spacial score (nSPS) is 12.7. The van der Waals surface area contributed by atoms with Gasteiger partial charge in [0.25, 0.3) is 0 Å². The molecule has 0 fully saturated rings. The van der Waals surface area contributed by atoms with Gasteiger partial charge >= 0.3 is 5.97 Å². The Kier molecular flexibility index (Phi) is 5.90. The van der Waals surface area contributed by atoms with Crippen molar-refractivity contribution < 1.29 is 18.3 Å². The highest BCUT2D eigenvalue weighted by Gasteiger charge is 2.24. The Balaban J connectivity index is 1.99. The van der Waals surface area contributed by atoms with E-state index in [1.165, 1.54) is 0 Å². The minimum atomic E-state index is -3.67. The van der Waals surface area contributed by atoms with E-state index in [2.05, 4.69) is 4.72 Å². The first-order valence-electron chi connectivity index (χ1n) is 7.27. The molecule has 0 amide bonds. The fourth-order valence-corrected chi connectivity index (χ4v) is 3.44. The number of carboxylic acids is 1. The lowest BCUT2D eigenvalue weighted by molar-refractivity contribution is -0.138. The quantitative estimate of drug-likeness (QED) is 0.772. The number of rotatable bonds is 8. The van der Waals surface area contributed by atoms with Crippen LogP contribution >= 0.6 is 0 Å². The van der Waals surface area contributed by atoms with Crippen molar-refractivity contribution in [1.29, 1.82) is 0 Å². The Hall–Kier alpha value is -2.18. The summed E-state index contributed by atoms with van der Waals surface area (Å²) in [5, 5.41) is 9.26. The van der Waals surface area contributed by atoms with E-state index in [9.17, 15) is 18.3 Å². The van der Waals surface area contributed by atoms with E-state index in [4.69, 9.17) is 0 Å². The van der Waals surface area contributed by atoms with Crippen molar-refractivity contribution >= 4 is 16.0 Å². The molecule has 23 heavy (non-hydrogen) atoms. The Morgan fingerprint density at radius 1 is 0.957 bits per heavy atom. The number of benzene rings is 2. The van der Waals surface area contributed by atoms with Crippen molar-refractivity contribution in [2.24, 2.45) is 0 Å². The van der Waals surface area contributed by atoms with Crippen molar-refractivity contribution in [3.63, 3.8) is 0 Å². The number of sulfonamides is 1. The lowest BCUT2D eigenvalue weighted by atomic mass is 10.1. The summed E-state index contributed by atoms with van der Waals surface area (Å²) in [6.07, 6.45) is 0.453. The molecule has 0 saturated carbocycles. The summed E-state index contributed by atoms with van der Waals surface area (Å²) in [6, 6.07) is 17.0. The highest BCUT2D eigenvalue weighted by Crippen LogP contribution is 2.06. The molecule has 2 aromatic carbocycles. The molecule has 2 aromatic rings. The summed E-state index contributed by atoms with van der Waals surface area (Å²) in [5.74, 6) is -1.33. The third-order valence-electron chi connectivity index (χ3n) is 3.40. The van der Waals surface area contributed by atoms with Gasteiger partial charge in [-0.1, -0.05) is 60.7 Å². The van der Waals surface area contributed by atoms with Crippen LogP contribution in [0.1, 0.15) is 11.1 Å². The third kappa shape index (κ3) is 5.84. The minimum absolute atomic E-state index is 0.112. The van der Waals surface area contributed by atoms with E-state index in [0.717, 1.165) is 11.1 Å². The van der Waals surface area contributed by atoms with Crippen molar-refractivity contribution in [3.8, 4) is 0 Å². The number of hydrogen-bond donors (Lipinski definition) is 2. The number of hydrogen-bond acceptors (Lipinski definition) is 3. The predicted octanol–water partition coefficient (Wildman–Crippen LogP) is 1.84. The van der Waals surface area contributed by atoms with Crippen LogP contribution < -0.4 is 4.72 Å². The highest BCUT2D eigenvalue weighted by molar-refractivity contribution is 7.89. The molecule has 1 atom stereocenters. The summed E-state index contributed by atoms with van der Waals surface area (Å²) in [6.45, 7) is 0. The molecule has 122 valence electrons. The third-order valence-corrected chi connectivity index (χ3v) is 4.79. The standard InChI is InChI=1S/C17H19NO4S/c19-17(20)16(13-15-9-5-2-6-10-15)18-23(21,22)12-11-14-7-3-1-4-8-14/h1-10,16,18H,11-13H2,(H,19,20). The average molecular weight is 333 g/mol. The van der Waals surface area contributed by atoms with E-state index >= 15 is 0 Å². The Bertz CT molecular complexity index is 730. The van der Waals surface area contributed by atoms with Crippen LogP contribution in [0.3, 0.4) is 0 Å². The predicted molar refractivity (Wildman–Crippen MR) is 88.6 cm³/mol. The Morgan fingerprint density at radius 2 is 1.48 bits per heavy atom. The van der Waals surface area contributed by atoms with Crippen LogP contribution in [0.4, 0.5) is 0 Å². The second-order valence-corrected chi connectivity index (χ2v) is 7.13. The highest BCUT2D eigenvalue weighted by atomic mass is 32.2. The minimum Gasteiger partial charge on any atom is -0.480 e. The van der Waals surface area contributed by atoms with Gasteiger partial charge in [-0.2, -0.15) is 0 Å². The lowest BCUT2D eigenvalue weighted by Gasteiger charge is -2.15. The molecule has 0 aliphatic heterocycles. The first-order chi connectivity index (χ1) is 11.0. The smallest absolute Gasteiger partial charge is 0.322 e. The molecule has 2 rings (SSSR count). The van der Waals surface area contributed by atoms with Gasteiger partial charge in [-0.05, 0) is 24.0 Å². The fourth-order valence-electron chi connectivity index (χ4n) is 2.20. The molecule has 0 heterocycles. The van der Waals surface area contributed by atoms with Crippen LogP contribution in [0.5, 0.6) is 0 Å². The molecular weight excluding hydrogens is 314 g/mol. The molecule has 0 saturated heterocycles. The number of aliphatic carboxylic acids is 1. The molecule has 0 radical (unpaired) electrons. The van der Waals surface area contributed by atoms with Gasteiger partial charge in [0.15, 0.2) is 0 Å². The summed E-state index contributed by atoms with van der Waals surface area (Å²) < 4.78 is 26.6. The molecule has 1 unspecified atom stereocenters.